The molecule has 0 fully saturated rings. The number of aryl methyl sites for hydroxylation is 2. The molecule has 0 aliphatic rings. The maximum Gasteiger partial charge on any atom is 0.260 e. The predicted molar refractivity (Wildman–Crippen MR) is 57.1 cm³/mol. The van der Waals surface area contributed by atoms with Gasteiger partial charge < -0.3 is 9.57 Å². The number of hydrogen-bond donors (Lipinski definition) is 0. The van der Waals surface area contributed by atoms with Crippen molar-refractivity contribution in [1.82, 2.24) is 0 Å². The third kappa shape index (κ3) is 2.46. The number of nitrogens with zero attached hydrogens (tertiary/aromatic N) is 1. The van der Waals surface area contributed by atoms with Crippen LogP contribution in [0.25, 0.3) is 0 Å². The van der Waals surface area contributed by atoms with Gasteiger partial charge in [-0.05, 0) is 31.0 Å². The van der Waals surface area contributed by atoms with Crippen LogP contribution in [-0.2, 0) is 4.84 Å². The summed E-state index contributed by atoms with van der Waals surface area (Å²) >= 11 is 0. The van der Waals surface area contributed by atoms with Gasteiger partial charge in [-0.15, -0.1) is 0 Å². The molecule has 0 aromatic heterocycles. The summed E-state index contributed by atoms with van der Waals surface area (Å²) < 4.78 is 18.6. The van der Waals surface area contributed by atoms with Crippen molar-refractivity contribution in [2.24, 2.45) is 5.16 Å². The van der Waals surface area contributed by atoms with Gasteiger partial charge in [-0.25, -0.2) is 0 Å². The van der Waals surface area contributed by atoms with Crippen LogP contribution in [0.4, 0.5) is 4.39 Å². The SMILES string of the molecule is CO/N=C(/F)c1cc(C)cc(C)c1OC. The van der Waals surface area contributed by atoms with Gasteiger partial charge in [-0.2, -0.15) is 4.39 Å². The van der Waals surface area contributed by atoms with Crippen LogP contribution >= 0.6 is 0 Å². The van der Waals surface area contributed by atoms with Gasteiger partial charge in [-0.1, -0.05) is 11.2 Å². The Kier molecular flexibility index (Phi) is 3.66. The molecule has 1 aromatic carbocycles. The number of halogens is 1. The van der Waals surface area contributed by atoms with Crippen molar-refractivity contribution in [3.8, 4) is 5.75 Å². The Morgan fingerprint density at radius 3 is 2.47 bits per heavy atom. The molecular weight excluding hydrogens is 197 g/mol. The van der Waals surface area contributed by atoms with Gasteiger partial charge >= 0.3 is 0 Å². The second-order valence-corrected chi connectivity index (χ2v) is 3.23. The van der Waals surface area contributed by atoms with Gasteiger partial charge in [-0.3, -0.25) is 0 Å². The third-order valence-corrected chi connectivity index (χ3v) is 2.02. The first kappa shape index (κ1) is 11.5. The zero-order chi connectivity index (χ0) is 11.4. The second kappa shape index (κ2) is 4.77. The Labute approximate surface area is 88.5 Å². The van der Waals surface area contributed by atoms with Crippen LogP contribution in [0.2, 0.25) is 0 Å². The lowest BCUT2D eigenvalue weighted by Gasteiger charge is -2.10. The smallest absolute Gasteiger partial charge is 0.260 e. The molecular formula is C11H14FNO2. The fourth-order valence-corrected chi connectivity index (χ4v) is 1.51. The van der Waals surface area contributed by atoms with Crippen LogP contribution in [0.1, 0.15) is 16.7 Å². The summed E-state index contributed by atoms with van der Waals surface area (Å²) in [6.45, 7) is 3.74. The van der Waals surface area contributed by atoms with Crippen molar-refractivity contribution in [3.05, 3.63) is 28.8 Å². The van der Waals surface area contributed by atoms with Crippen molar-refractivity contribution in [3.63, 3.8) is 0 Å². The Hall–Kier alpha value is -1.58. The summed E-state index contributed by atoms with van der Waals surface area (Å²) in [5, 5.41) is 3.26. The van der Waals surface area contributed by atoms with Gasteiger partial charge in [0.2, 0.25) is 0 Å². The van der Waals surface area contributed by atoms with E-state index in [4.69, 9.17) is 4.74 Å². The summed E-state index contributed by atoms with van der Waals surface area (Å²) in [6, 6.07) is 3.59. The Bertz CT molecular complexity index is 388. The van der Waals surface area contributed by atoms with Crippen LogP contribution in [-0.4, -0.2) is 20.2 Å². The molecule has 0 spiro atoms. The molecule has 82 valence electrons. The number of hydrogen-bond acceptors (Lipinski definition) is 3. The van der Waals surface area contributed by atoms with E-state index in [0.29, 0.717) is 11.3 Å². The van der Waals surface area contributed by atoms with Crippen molar-refractivity contribution in [1.29, 1.82) is 0 Å². The average Bonchev–Trinajstić information content (AvgIpc) is 2.17. The minimum absolute atomic E-state index is 0.317. The van der Waals surface area contributed by atoms with Crippen molar-refractivity contribution < 1.29 is 14.0 Å². The molecule has 0 aliphatic heterocycles. The summed E-state index contributed by atoms with van der Waals surface area (Å²) in [7, 11) is 2.80. The number of rotatable bonds is 3. The first-order valence-corrected chi connectivity index (χ1v) is 4.52. The van der Waals surface area contributed by atoms with Gasteiger partial charge in [0.1, 0.15) is 12.9 Å². The molecule has 0 aliphatic carbocycles. The number of methoxy groups -OCH3 is 1. The summed E-state index contributed by atoms with van der Waals surface area (Å²) in [5.41, 5.74) is 2.13. The quantitative estimate of drug-likeness (QED) is 0.568. The first-order chi connectivity index (χ1) is 7.10. The first-order valence-electron chi connectivity index (χ1n) is 4.52. The second-order valence-electron chi connectivity index (χ2n) is 3.23. The molecule has 0 amide bonds. The minimum Gasteiger partial charge on any atom is -0.496 e. The van der Waals surface area contributed by atoms with E-state index >= 15 is 0 Å². The highest BCUT2D eigenvalue weighted by Crippen LogP contribution is 2.26. The highest BCUT2D eigenvalue weighted by molar-refractivity contribution is 5.96. The third-order valence-electron chi connectivity index (χ3n) is 2.02. The number of ether oxygens (including phenoxy) is 1. The zero-order valence-corrected chi connectivity index (χ0v) is 9.30. The van der Waals surface area contributed by atoms with Crippen LogP contribution in [0.15, 0.2) is 17.3 Å². The Morgan fingerprint density at radius 2 is 1.93 bits per heavy atom. The molecule has 0 radical (unpaired) electrons. The highest BCUT2D eigenvalue weighted by atomic mass is 19.1. The van der Waals surface area contributed by atoms with Gasteiger partial charge in [0.25, 0.3) is 5.97 Å². The van der Waals surface area contributed by atoms with Crippen LogP contribution in [0, 0.1) is 13.8 Å². The average molecular weight is 211 g/mol. The largest absolute Gasteiger partial charge is 0.496 e. The van der Waals surface area contributed by atoms with E-state index in [1.807, 2.05) is 19.9 Å². The van der Waals surface area contributed by atoms with E-state index in [2.05, 4.69) is 9.99 Å². The van der Waals surface area contributed by atoms with Crippen LogP contribution < -0.4 is 4.74 Å². The molecule has 1 rings (SSSR count). The maximum atomic E-state index is 13.5. The van der Waals surface area contributed by atoms with E-state index in [-0.39, 0.29) is 0 Å². The van der Waals surface area contributed by atoms with E-state index in [0.717, 1.165) is 11.1 Å². The minimum atomic E-state index is -0.679. The lowest BCUT2D eigenvalue weighted by Crippen LogP contribution is -2.01. The van der Waals surface area contributed by atoms with E-state index < -0.39 is 5.97 Å². The van der Waals surface area contributed by atoms with Gasteiger partial charge in [0, 0.05) is 0 Å². The fourth-order valence-electron chi connectivity index (χ4n) is 1.51. The molecule has 0 bridgehead atoms. The monoisotopic (exact) mass is 211 g/mol. The Balaban J connectivity index is 3.32. The maximum absolute atomic E-state index is 13.5. The Morgan fingerprint density at radius 1 is 1.27 bits per heavy atom. The van der Waals surface area contributed by atoms with E-state index in [9.17, 15) is 4.39 Å². The van der Waals surface area contributed by atoms with Crippen molar-refractivity contribution in [2.45, 2.75) is 13.8 Å². The van der Waals surface area contributed by atoms with Crippen LogP contribution in [0.5, 0.6) is 5.75 Å². The van der Waals surface area contributed by atoms with Crippen molar-refractivity contribution >= 4 is 5.97 Å². The summed E-state index contributed by atoms with van der Waals surface area (Å²) in [5.74, 6) is -0.194. The molecule has 0 saturated heterocycles. The van der Waals surface area contributed by atoms with Crippen LogP contribution in [0.3, 0.4) is 0 Å². The molecule has 0 N–H and O–H groups in total. The molecule has 0 atom stereocenters. The summed E-state index contributed by atoms with van der Waals surface area (Å²) in [4.78, 5) is 4.39. The molecule has 3 nitrogen and oxygen atoms in total. The van der Waals surface area contributed by atoms with E-state index in [1.54, 1.807) is 6.07 Å². The lowest BCUT2D eigenvalue weighted by atomic mass is 10.1. The highest BCUT2D eigenvalue weighted by Gasteiger charge is 2.13. The van der Waals surface area contributed by atoms with Gasteiger partial charge in [0.15, 0.2) is 0 Å². The number of oxime groups is 1. The fraction of sp³-hybridized carbons (Fsp3) is 0.364. The predicted octanol–water partition coefficient (Wildman–Crippen LogP) is 2.59. The van der Waals surface area contributed by atoms with E-state index in [1.165, 1.54) is 14.2 Å². The van der Waals surface area contributed by atoms with Gasteiger partial charge in [0.05, 0.1) is 12.7 Å². The standard InChI is InChI=1S/C11H14FNO2/c1-7-5-8(2)10(14-3)9(6-7)11(12)13-15-4/h5-6H,1-4H3/b13-11+. The topological polar surface area (TPSA) is 30.8 Å². The molecule has 0 saturated carbocycles. The lowest BCUT2D eigenvalue weighted by molar-refractivity contribution is 0.209. The molecule has 15 heavy (non-hydrogen) atoms. The molecule has 0 heterocycles. The molecule has 1 aromatic rings. The number of benzene rings is 1. The molecule has 4 heteroatoms. The van der Waals surface area contributed by atoms with Crippen molar-refractivity contribution in [2.75, 3.05) is 14.2 Å². The zero-order valence-electron chi connectivity index (χ0n) is 9.30. The summed E-state index contributed by atoms with van der Waals surface area (Å²) in [6.07, 6.45) is 0. The molecule has 0 unspecified atom stereocenters. The normalized spacial score (nSPS) is 11.4.